The van der Waals surface area contributed by atoms with Gasteiger partial charge in [0.2, 0.25) is 0 Å². The van der Waals surface area contributed by atoms with Gasteiger partial charge in [-0.3, -0.25) is 4.79 Å². The highest BCUT2D eigenvalue weighted by molar-refractivity contribution is 9.10. The number of halogens is 1. The Bertz CT molecular complexity index is 1070. The van der Waals surface area contributed by atoms with E-state index in [9.17, 15) is 14.4 Å². The maximum atomic E-state index is 13.1. The molecule has 0 saturated carbocycles. The molecule has 0 aromatic heterocycles. The van der Waals surface area contributed by atoms with Gasteiger partial charge in [-0.1, -0.05) is 18.2 Å². The fourth-order valence-corrected chi connectivity index (χ4v) is 3.83. The van der Waals surface area contributed by atoms with Gasteiger partial charge in [0.25, 0.3) is 5.91 Å². The van der Waals surface area contributed by atoms with Gasteiger partial charge in [0.15, 0.2) is 18.1 Å². The molecule has 0 saturated heterocycles. The summed E-state index contributed by atoms with van der Waals surface area (Å²) < 4.78 is 11.4. The Hall–Kier alpha value is -3.53. The maximum Gasteiger partial charge on any atom is 0.341 e. The van der Waals surface area contributed by atoms with Crippen LogP contribution in [0.25, 0.3) is 0 Å². The lowest BCUT2D eigenvalue weighted by Crippen LogP contribution is -2.46. The number of hydrogen-bond donors (Lipinski definition) is 4. The zero-order valence-corrected chi connectivity index (χ0v) is 19.0. The number of rotatable bonds is 8. The lowest BCUT2D eigenvalue weighted by molar-refractivity contribution is -0.139. The molecule has 1 unspecified atom stereocenters. The van der Waals surface area contributed by atoms with Crippen molar-refractivity contribution in [2.75, 3.05) is 18.5 Å². The van der Waals surface area contributed by atoms with E-state index in [1.165, 1.54) is 0 Å². The van der Waals surface area contributed by atoms with Gasteiger partial charge < -0.3 is 30.5 Å². The fraction of sp³-hybridized carbons (Fsp3) is 0.227. The van der Waals surface area contributed by atoms with Gasteiger partial charge in [0.05, 0.1) is 22.7 Å². The number of benzene rings is 2. The Morgan fingerprint density at radius 3 is 2.56 bits per heavy atom. The highest BCUT2D eigenvalue weighted by Gasteiger charge is 2.32. The van der Waals surface area contributed by atoms with Crippen molar-refractivity contribution < 1.29 is 29.0 Å². The Balaban J connectivity index is 2.00. The van der Waals surface area contributed by atoms with Crippen LogP contribution in [0.3, 0.4) is 0 Å². The summed E-state index contributed by atoms with van der Waals surface area (Å²) in [5, 5.41) is 17.2. The van der Waals surface area contributed by atoms with E-state index >= 15 is 0 Å². The van der Waals surface area contributed by atoms with Crippen LogP contribution in [0.15, 0.2) is 58.2 Å². The van der Waals surface area contributed by atoms with Crippen LogP contribution in [0.1, 0.15) is 25.5 Å². The predicted octanol–water partition coefficient (Wildman–Crippen LogP) is 3.58. The summed E-state index contributed by atoms with van der Waals surface area (Å²) in [6.07, 6.45) is 0. The number of para-hydroxylation sites is 1. The van der Waals surface area contributed by atoms with Crippen molar-refractivity contribution in [2.24, 2.45) is 0 Å². The van der Waals surface area contributed by atoms with Crippen molar-refractivity contribution in [1.82, 2.24) is 10.6 Å². The van der Waals surface area contributed by atoms with Crippen LogP contribution in [0.2, 0.25) is 0 Å². The summed E-state index contributed by atoms with van der Waals surface area (Å²) in [5.74, 6) is -1.01. The number of nitrogens with one attached hydrogen (secondary N) is 3. The minimum Gasteiger partial charge on any atom is -0.490 e. The van der Waals surface area contributed by atoms with Crippen LogP contribution in [-0.4, -0.2) is 36.2 Å². The number of amides is 3. The average molecular weight is 504 g/mol. The molecule has 3 amide bonds. The molecule has 4 N–H and O–H groups in total. The first-order chi connectivity index (χ1) is 15.3. The molecule has 0 bridgehead atoms. The molecule has 0 spiro atoms. The number of carbonyl (C=O) groups is 3. The Morgan fingerprint density at radius 2 is 1.91 bits per heavy atom. The molecular formula is C22H22BrN3O6. The lowest BCUT2D eigenvalue weighted by Gasteiger charge is -2.29. The number of carboxylic acids is 1. The first-order valence-corrected chi connectivity index (χ1v) is 10.5. The molecule has 2 aromatic carbocycles. The third-order valence-electron chi connectivity index (χ3n) is 4.55. The minimum absolute atomic E-state index is 0.217. The number of ether oxygens (including phenoxy) is 2. The van der Waals surface area contributed by atoms with Crippen molar-refractivity contribution in [2.45, 2.75) is 19.9 Å². The van der Waals surface area contributed by atoms with Gasteiger partial charge in [-0.05, 0) is 59.6 Å². The van der Waals surface area contributed by atoms with Gasteiger partial charge in [0, 0.05) is 11.4 Å². The second-order valence-corrected chi connectivity index (χ2v) is 7.69. The quantitative estimate of drug-likeness (QED) is 0.436. The van der Waals surface area contributed by atoms with Crippen molar-refractivity contribution in [3.63, 3.8) is 0 Å². The standard InChI is InChI=1S/C22H22BrN3O6/c1-3-31-16-10-13(9-15(23)20(16)32-11-17(27)28)19-18(12(2)24-22(30)26-19)21(29)25-14-7-5-4-6-8-14/h4-10,19H,3,11H2,1-2H3,(H,25,29)(H,27,28)(H2,24,26,30). The maximum absolute atomic E-state index is 13.1. The van der Waals surface area contributed by atoms with Gasteiger partial charge in [-0.25, -0.2) is 9.59 Å². The molecule has 1 atom stereocenters. The Kier molecular flexibility index (Phi) is 7.37. The summed E-state index contributed by atoms with van der Waals surface area (Å²) >= 11 is 3.38. The second-order valence-electron chi connectivity index (χ2n) is 6.84. The normalized spacial score (nSPS) is 15.5. The summed E-state index contributed by atoms with van der Waals surface area (Å²) in [7, 11) is 0. The van der Waals surface area contributed by atoms with E-state index in [4.69, 9.17) is 14.6 Å². The van der Waals surface area contributed by atoms with Crippen molar-refractivity contribution in [3.8, 4) is 11.5 Å². The van der Waals surface area contributed by atoms with E-state index in [2.05, 4.69) is 31.9 Å². The topological polar surface area (TPSA) is 126 Å². The summed E-state index contributed by atoms with van der Waals surface area (Å²) in [4.78, 5) is 36.2. The summed E-state index contributed by atoms with van der Waals surface area (Å²) in [6, 6.07) is 11.0. The molecule has 1 aliphatic heterocycles. The number of carboxylic acid groups (broad SMARTS) is 1. The first kappa shape index (κ1) is 23.1. The smallest absolute Gasteiger partial charge is 0.341 e. The molecule has 1 heterocycles. The van der Waals surface area contributed by atoms with E-state index in [1.54, 1.807) is 50.2 Å². The molecule has 10 heteroatoms. The number of hydrogen-bond acceptors (Lipinski definition) is 5. The van der Waals surface area contributed by atoms with E-state index in [0.29, 0.717) is 33.6 Å². The molecule has 3 rings (SSSR count). The largest absolute Gasteiger partial charge is 0.490 e. The van der Waals surface area contributed by atoms with E-state index in [-0.39, 0.29) is 17.4 Å². The summed E-state index contributed by atoms with van der Waals surface area (Å²) in [6.45, 7) is 3.17. The average Bonchev–Trinajstić information content (AvgIpc) is 2.73. The zero-order chi connectivity index (χ0) is 23.3. The number of urea groups is 1. The lowest BCUT2D eigenvalue weighted by atomic mass is 9.94. The fourth-order valence-electron chi connectivity index (χ4n) is 3.26. The molecule has 0 fully saturated rings. The Morgan fingerprint density at radius 1 is 1.19 bits per heavy atom. The third-order valence-corrected chi connectivity index (χ3v) is 5.14. The second kappa shape index (κ2) is 10.2. The zero-order valence-electron chi connectivity index (χ0n) is 17.4. The number of anilines is 1. The molecule has 0 radical (unpaired) electrons. The van der Waals surface area contributed by atoms with Crippen molar-refractivity contribution in [1.29, 1.82) is 0 Å². The summed E-state index contributed by atoms with van der Waals surface area (Å²) in [5.41, 5.74) is 1.90. The minimum atomic E-state index is -1.13. The van der Waals surface area contributed by atoms with Crippen LogP contribution in [0.4, 0.5) is 10.5 Å². The van der Waals surface area contributed by atoms with Crippen LogP contribution in [0, 0.1) is 0 Å². The molecule has 0 aliphatic carbocycles. The monoisotopic (exact) mass is 503 g/mol. The number of aliphatic carboxylic acids is 1. The van der Waals surface area contributed by atoms with Crippen LogP contribution >= 0.6 is 15.9 Å². The van der Waals surface area contributed by atoms with Crippen LogP contribution in [0.5, 0.6) is 11.5 Å². The molecule has 2 aromatic rings. The highest BCUT2D eigenvalue weighted by Crippen LogP contribution is 2.40. The van der Waals surface area contributed by atoms with Gasteiger partial charge >= 0.3 is 12.0 Å². The van der Waals surface area contributed by atoms with E-state index < -0.39 is 24.6 Å². The first-order valence-electron chi connectivity index (χ1n) is 9.75. The van der Waals surface area contributed by atoms with Crippen molar-refractivity contribution >= 4 is 39.5 Å². The van der Waals surface area contributed by atoms with E-state index in [1.807, 2.05) is 6.07 Å². The van der Waals surface area contributed by atoms with Crippen LogP contribution < -0.4 is 25.4 Å². The number of carbonyl (C=O) groups excluding carboxylic acids is 2. The molecular weight excluding hydrogens is 482 g/mol. The molecule has 32 heavy (non-hydrogen) atoms. The van der Waals surface area contributed by atoms with Crippen molar-refractivity contribution in [3.05, 3.63) is 63.8 Å². The molecule has 168 valence electrons. The van der Waals surface area contributed by atoms with Gasteiger partial charge in [-0.2, -0.15) is 0 Å². The third kappa shape index (κ3) is 5.38. The van der Waals surface area contributed by atoms with Crippen LogP contribution in [-0.2, 0) is 9.59 Å². The Labute approximate surface area is 192 Å². The van der Waals surface area contributed by atoms with Gasteiger partial charge in [0.1, 0.15) is 0 Å². The van der Waals surface area contributed by atoms with Gasteiger partial charge in [-0.15, -0.1) is 0 Å². The highest BCUT2D eigenvalue weighted by atomic mass is 79.9. The molecule has 1 aliphatic rings. The van der Waals surface area contributed by atoms with E-state index in [0.717, 1.165) is 0 Å². The molecule has 9 nitrogen and oxygen atoms in total. The predicted molar refractivity (Wildman–Crippen MR) is 121 cm³/mol. The SMILES string of the molecule is CCOc1cc(C2NC(=O)NC(C)=C2C(=O)Nc2ccccc2)cc(Br)c1OCC(=O)O. The number of allylic oxidation sites excluding steroid dienone is 1.